The van der Waals surface area contributed by atoms with Crippen molar-refractivity contribution in [3.05, 3.63) is 9.98 Å². The summed E-state index contributed by atoms with van der Waals surface area (Å²) in [6, 6.07) is 0. The molecule has 0 atom stereocenters. The number of aromatic nitrogens is 1. The average molecular weight is 289 g/mol. The summed E-state index contributed by atoms with van der Waals surface area (Å²) >= 11 is 4.76. The number of halogens is 1. The molecule has 0 aromatic carbocycles. The molecule has 1 aliphatic rings. The summed E-state index contributed by atoms with van der Waals surface area (Å²) in [5.74, 6) is 0.692. The van der Waals surface area contributed by atoms with E-state index < -0.39 is 0 Å². The summed E-state index contributed by atoms with van der Waals surface area (Å²) in [5, 5.41) is 3.51. The van der Waals surface area contributed by atoms with Crippen LogP contribution < -0.4 is 5.32 Å². The van der Waals surface area contributed by atoms with Gasteiger partial charge in [-0.1, -0.05) is 24.2 Å². The predicted octanol–water partition coefficient (Wildman–Crippen LogP) is 3.42. The second-order valence-electron chi connectivity index (χ2n) is 3.87. The van der Waals surface area contributed by atoms with E-state index in [0.29, 0.717) is 17.5 Å². The Bertz CT molecular complexity index is 347. The SMILES string of the molecule is O=C(CC1CCCC1)Nc1ncc(Br)s1. The van der Waals surface area contributed by atoms with Gasteiger partial charge >= 0.3 is 0 Å². The molecule has 1 heterocycles. The lowest BCUT2D eigenvalue weighted by molar-refractivity contribution is -0.117. The molecule has 1 aromatic rings. The zero-order valence-electron chi connectivity index (χ0n) is 8.33. The van der Waals surface area contributed by atoms with Gasteiger partial charge in [0, 0.05) is 6.42 Å². The third-order valence-electron chi connectivity index (χ3n) is 2.67. The largest absolute Gasteiger partial charge is 0.302 e. The molecule has 0 aliphatic heterocycles. The number of hydrogen-bond donors (Lipinski definition) is 1. The summed E-state index contributed by atoms with van der Waals surface area (Å²) in [7, 11) is 0. The van der Waals surface area contributed by atoms with Crippen LogP contribution >= 0.6 is 27.3 Å². The topological polar surface area (TPSA) is 42.0 Å². The first-order chi connectivity index (χ1) is 7.24. The van der Waals surface area contributed by atoms with Crippen molar-refractivity contribution in [1.29, 1.82) is 0 Å². The molecule has 1 aromatic heterocycles. The van der Waals surface area contributed by atoms with Crippen LogP contribution in [0.4, 0.5) is 5.13 Å². The van der Waals surface area contributed by atoms with Gasteiger partial charge in [0.25, 0.3) is 0 Å². The second-order valence-corrected chi connectivity index (χ2v) is 6.28. The molecule has 1 N–H and O–H groups in total. The Kier molecular flexibility index (Phi) is 3.75. The number of amides is 1. The number of carbonyl (C=O) groups excluding carboxylic acids is 1. The third kappa shape index (κ3) is 3.28. The molecule has 82 valence electrons. The van der Waals surface area contributed by atoms with Crippen LogP contribution in [0.5, 0.6) is 0 Å². The fourth-order valence-corrected chi connectivity index (χ4v) is 3.08. The fourth-order valence-electron chi connectivity index (χ4n) is 1.96. The number of nitrogens with zero attached hydrogens (tertiary/aromatic N) is 1. The van der Waals surface area contributed by atoms with E-state index in [1.807, 2.05) is 0 Å². The minimum absolute atomic E-state index is 0.101. The molecule has 1 fully saturated rings. The maximum absolute atomic E-state index is 11.6. The molecule has 0 bridgehead atoms. The van der Waals surface area contributed by atoms with Gasteiger partial charge in [-0.15, -0.1) is 0 Å². The first kappa shape index (κ1) is 11.1. The maximum atomic E-state index is 11.6. The van der Waals surface area contributed by atoms with E-state index >= 15 is 0 Å². The Hall–Kier alpha value is -0.420. The molecular weight excluding hydrogens is 276 g/mol. The van der Waals surface area contributed by atoms with Crippen LogP contribution in [0.1, 0.15) is 32.1 Å². The first-order valence-corrected chi connectivity index (χ1v) is 6.76. The van der Waals surface area contributed by atoms with Gasteiger partial charge in [-0.2, -0.15) is 0 Å². The van der Waals surface area contributed by atoms with E-state index in [4.69, 9.17) is 0 Å². The van der Waals surface area contributed by atoms with Crippen molar-refractivity contribution in [2.75, 3.05) is 5.32 Å². The maximum Gasteiger partial charge on any atom is 0.226 e. The minimum atomic E-state index is 0.101. The highest BCUT2D eigenvalue weighted by molar-refractivity contribution is 9.11. The molecule has 1 aliphatic carbocycles. The van der Waals surface area contributed by atoms with Crippen molar-refractivity contribution in [1.82, 2.24) is 4.98 Å². The molecule has 3 nitrogen and oxygen atoms in total. The molecule has 0 unspecified atom stereocenters. The average Bonchev–Trinajstić information content (AvgIpc) is 2.77. The molecule has 15 heavy (non-hydrogen) atoms. The van der Waals surface area contributed by atoms with Crippen molar-refractivity contribution >= 4 is 38.3 Å². The lowest BCUT2D eigenvalue weighted by atomic mass is 10.0. The third-order valence-corrected chi connectivity index (χ3v) is 4.06. The zero-order chi connectivity index (χ0) is 10.7. The smallest absolute Gasteiger partial charge is 0.226 e. The predicted molar refractivity (Wildman–Crippen MR) is 65.0 cm³/mol. The number of rotatable bonds is 3. The second kappa shape index (κ2) is 5.07. The summed E-state index contributed by atoms with van der Waals surface area (Å²) < 4.78 is 0.943. The summed E-state index contributed by atoms with van der Waals surface area (Å²) in [5.41, 5.74) is 0. The summed E-state index contributed by atoms with van der Waals surface area (Å²) in [6.45, 7) is 0. The molecule has 0 spiro atoms. The highest BCUT2D eigenvalue weighted by Crippen LogP contribution is 2.28. The van der Waals surface area contributed by atoms with E-state index in [1.54, 1.807) is 6.20 Å². The van der Waals surface area contributed by atoms with E-state index in [0.717, 1.165) is 3.79 Å². The lowest BCUT2D eigenvalue weighted by Crippen LogP contribution is -2.14. The van der Waals surface area contributed by atoms with E-state index in [1.165, 1.54) is 37.0 Å². The van der Waals surface area contributed by atoms with Crippen LogP contribution in [0, 0.1) is 5.92 Å². The molecule has 0 radical (unpaired) electrons. The number of carbonyl (C=O) groups is 1. The van der Waals surface area contributed by atoms with E-state index in [-0.39, 0.29) is 5.91 Å². The van der Waals surface area contributed by atoms with Crippen molar-refractivity contribution in [2.45, 2.75) is 32.1 Å². The van der Waals surface area contributed by atoms with Crippen LogP contribution in [0.3, 0.4) is 0 Å². The Morgan fingerprint density at radius 1 is 1.60 bits per heavy atom. The lowest BCUT2D eigenvalue weighted by Gasteiger charge is -2.07. The highest BCUT2D eigenvalue weighted by atomic mass is 79.9. The zero-order valence-corrected chi connectivity index (χ0v) is 10.7. The number of anilines is 1. The van der Waals surface area contributed by atoms with Crippen LogP contribution in [-0.2, 0) is 4.79 Å². The summed E-state index contributed by atoms with van der Waals surface area (Å²) in [4.78, 5) is 15.7. The van der Waals surface area contributed by atoms with Crippen LogP contribution in [0.2, 0.25) is 0 Å². The van der Waals surface area contributed by atoms with Gasteiger partial charge in [-0.25, -0.2) is 4.98 Å². The summed E-state index contributed by atoms with van der Waals surface area (Å²) in [6.07, 6.45) is 7.32. The van der Waals surface area contributed by atoms with Crippen LogP contribution in [0.25, 0.3) is 0 Å². The molecule has 5 heteroatoms. The number of nitrogens with one attached hydrogen (secondary N) is 1. The van der Waals surface area contributed by atoms with Crippen molar-refractivity contribution < 1.29 is 4.79 Å². The van der Waals surface area contributed by atoms with Crippen molar-refractivity contribution in [3.8, 4) is 0 Å². The van der Waals surface area contributed by atoms with Crippen molar-refractivity contribution in [2.24, 2.45) is 5.92 Å². The van der Waals surface area contributed by atoms with Gasteiger partial charge in [0.2, 0.25) is 5.91 Å². The van der Waals surface area contributed by atoms with Crippen LogP contribution in [0.15, 0.2) is 9.98 Å². The van der Waals surface area contributed by atoms with E-state index in [9.17, 15) is 4.79 Å². The molecule has 2 rings (SSSR count). The quantitative estimate of drug-likeness (QED) is 0.926. The normalized spacial score (nSPS) is 16.9. The van der Waals surface area contributed by atoms with Gasteiger partial charge in [0.15, 0.2) is 5.13 Å². The van der Waals surface area contributed by atoms with Gasteiger partial charge < -0.3 is 5.32 Å². The Morgan fingerprint density at radius 3 is 2.93 bits per heavy atom. The van der Waals surface area contributed by atoms with Crippen LogP contribution in [-0.4, -0.2) is 10.9 Å². The Balaban J connectivity index is 1.81. The van der Waals surface area contributed by atoms with Gasteiger partial charge in [-0.05, 0) is 34.7 Å². The van der Waals surface area contributed by atoms with E-state index in [2.05, 4.69) is 26.2 Å². The Labute approximate surface area is 101 Å². The monoisotopic (exact) mass is 288 g/mol. The standard InChI is InChI=1S/C10H13BrN2OS/c11-8-6-12-10(15-8)13-9(14)5-7-3-1-2-4-7/h6-7H,1-5H2,(H,12,13,14). The minimum Gasteiger partial charge on any atom is -0.302 e. The molecule has 1 saturated carbocycles. The number of hydrogen-bond acceptors (Lipinski definition) is 3. The van der Waals surface area contributed by atoms with Gasteiger partial charge in [0.05, 0.1) is 9.98 Å². The molecular formula is C10H13BrN2OS. The van der Waals surface area contributed by atoms with Crippen molar-refractivity contribution in [3.63, 3.8) is 0 Å². The first-order valence-electron chi connectivity index (χ1n) is 5.15. The number of thiazole rings is 1. The van der Waals surface area contributed by atoms with Gasteiger partial charge in [-0.3, -0.25) is 4.79 Å². The molecule has 0 saturated heterocycles. The Morgan fingerprint density at radius 2 is 2.33 bits per heavy atom. The fraction of sp³-hybridized carbons (Fsp3) is 0.600. The highest BCUT2D eigenvalue weighted by Gasteiger charge is 2.18. The molecule has 1 amide bonds. The van der Waals surface area contributed by atoms with Gasteiger partial charge in [0.1, 0.15) is 0 Å².